The van der Waals surface area contributed by atoms with E-state index in [0.29, 0.717) is 36.6 Å². The minimum Gasteiger partial charge on any atom is -0.394 e. The van der Waals surface area contributed by atoms with Gasteiger partial charge < -0.3 is 9.67 Å². The highest BCUT2D eigenvalue weighted by Gasteiger charge is 2.30. The number of fused-ring (bicyclic) bond motifs is 2. The van der Waals surface area contributed by atoms with Gasteiger partial charge in [0.2, 0.25) is 5.82 Å². The van der Waals surface area contributed by atoms with Crippen molar-refractivity contribution in [2.75, 3.05) is 6.61 Å². The molecular weight excluding hydrogens is 496 g/mol. The van der Waals surface area contributed by atoms with Gasteiger partial charge in [0.15, 0.2) is 5.52 Å². The number of aliphatic hydroxyl groups excluding tert-OH is 1. The molecule has 5 aromatic rings. The molecule has 0 saturated heterocycles. The minimum atomic E-state index is -0.423. The number of aryl methyl sites for hydroxylation is 1. The third-order valence-corrected chi connectivity index (χ3v) is 7.58. The number of imidazole rings is 1. The normalized spacial score (nSPS) is 17.0. The summed E-state index contributed by atoms with van der Waals surface area (Å²) in [5, 5.41) is 24.4. The lowest BCUT2D eigenvalue weighted by atomic mass is 9.98. The van der Waals surface area contributed by atoms with Crippen LogP contribution >= 0.6 is 0 Å². The average Bonchev–Trinajstić information content (AvgIpc) is 3.62. The summed E-state index contributed by atoms with van der Waals surface area (Å²) >= 11 is 0. The predicted octanol–water partition coefficient (Wildman–Crippen LogP) is 3.10. The van der Waals surface area contributed by atoms with Crippen LogP contribution in [0.3, 0.4) is 0 Å². The molecule has 6 rings (SSSR count). The lowest BCUT2D eigenvalue weighted by molar-refractivity contribution is 0.143. The van der Waals surface area contributed by atoms with Gasteiger partial charge in [-0.3, -0.25) is 9.59 Å². The zero-order valence-corrected chi connectivity index (χ0v) is 21.9. The Hall–Kier alpha value is -4.38. The van der Waals surface area contributed by atoms with Crippen LogP contribution in [0.15, 0.2) is 58.1 Å². The van der Waals surface area contributed by atoms with Gasteiger partial charge in [-0.05, 0) is 48.1 Å². The standard InChI is InChI=1S/C28H30N8O3/c1-3-6-23-29-24-25(28(39)35-17(2)9-14-20(16-37)36(35)27(24)38)34(23)15-18-10-12-19(13-11-18)21-7-4-5-8-22(21)26-30-32-33-31-26/h4-5,7-8,10-13,17,20,37H,3,6,9,14-16H2,1-2H3,(H,30,31,32,33). The molecule has 2 atom stereocenters. The second-order valence-corrected chi connectivity index (χ2v) is 10.1. The minimum absolute atomic E-state index is 0.145. The number of nitrogens with zero attached hydrogens (tertiary/aromatic N) is 7. The van der Waals surface area contributed by atoms with Crippen molar-refractivity contribution in [2.24, 2.45) is 0 Å². The van der Waals surface area contributed by atoms with E-state index in [4.69, 9.17) is 0 Å². The molecule has 2 unspecified atom stereocenters. The smallest absolute Gasteiger partial charge is 0.293 e. The maximum absolute atomic E-state index is 13.9. The molecule has 2 aromatic carbocycles. The molecule has 0 fully saturated rings. The first-order valence-corrected chi connectivity index (χ1v) is 13.3. The van der Waals surface area contributed by atoms with Crippen LogP contribution < -0.4 is 11.1 Å². The maximum atomic E-state index is 13.9. The number of hydrogen-bond acceptors (Lipinski definition) is 7. The summed E-state index contributed by atoms with van der Waals surface area (Å²) in [7, 11) is 0. The van der Waals surface area contributed by atoms with E-state index in [2.05, 4.69) is 25.6 Å². The second kappa shape index (κ2) is 10.1. The Morgan fingerprint density at radius 3 is 2.46 bits per heavy atom. The van der Waals surface area contributed by atoms with Crippen molar-refractivity contribution in [2.45, 2.75) is 58.2 Å². The molecule has 2 N–H and O–H groups in total. The van der Waals surface area contributed by atoms with Gasteiger partial charge in [-0.15, -0.1) is 10.2 Å². The van der Waals surface area contributed by atoms with Crippen molar-refractivity contribution in [1.29, 1.82) is 0 Å². The lowest BCUT2D eigenvalue weighted by Gasteiger charge is -2.32. The molecule has 1 aliphatic heterocycles. The number of tetrazole rings is 1. The van der Waals surface area contributed by atoms with Gasteiger partial charge in [0.25, 0.3) is 11.1 Å². The first kappa shape index (κ1) is 24.9. The lowest BCUT2D eigenvalue weighted by Crippen LogP contribution is -2.46. The summed E-state index contributed by atoms with van der Waals surface area (Å²) < 4.78 is 4.86. The highest BCUT2D eigenvalue weighted by molar-refractivity contribution is 5.80. The van der Waals surface area contributed by atoms with Crippen LogP contribution in [0.4, 0.5) is 0 Å². The third-order valence-electron chi connectivity index (χ3n) is 7.58. The summed E-state index contributed by atoms with van der Waals surface area (Å²) in [5.41, 5.74) is 3.79. The number of aromatic nitrogens is 8. The van der Waals surface area contributed by atoms with Crippen molar-refractivity contribution in [3.63, 3.8) is 0 Å². The Balaban J connectivity index is 1.43. The Kier molecular flexibility index (Phi) is 6.43. The molecule has 11 heteroatoms. The summed E-state index contributed by atoms with van der Waals surface area (Å²) in [6.45, 7) is 4.21. The largest absolute Gasteiger partial charge is 0.394 e. The molecule has 0 aliphatic carbocycles. The third kappa shape index (κ3) is 4.19. The average molecular weight is 527 g/mol. The van der Waals surface area contributed by atoms with Gasteiger partial charge in [0, 0.05) is 18.5 Å². The molecule has 11 nitrogen and oxygen atoms in total. The highest BCUT2D eigenvalue weighted by Crippen LogP contribution is 2.30. The molecule has 200 valence electrons. The molecular formula is C28H30N8O3. The Labute approximate surface area is 223 Å². The molecule has 39 heavy (non-hydrogen) atoms. The quantitative estimate of drug-likeness (QED) is 0.332. The fourth-order valence-corrected chi connectivity index (χ4v) is 5.64. The van der Waals surface area contributed by atoms with Gasteiger partial charge in [0.05, 0.1) is 18.7 Å². The summed E-state index contributed by atoms with van der Waals surface area (Å²) in [4.78, 5) is 32.1. The van der Waals surface area contributed by atoms with Gasteiger partial charge in [-0.1, -0.05) is 55.5 Å². The van der Waals surface area contributed by atoms with Crippen molar-refractivity contribution in [3.8, 4) is 22.5 Å². The summed E-state index contributed by atoms with van der Waals surface area (Å²) in [6, 6.07) is 15.4. The van der Waals surface area contributed by atoms with Gasteiger partial charge >= 0.3 is 0 Å². The van der Waals surface area contributed by atoms with Crippen LogP contribution in [0.25, 0.3) is 33.5 Å². The van der Waals surface area contributed by atoms with E-state index < -0.39 is 6.04 Å². The number of benzene rings is 2. The van der Waals surface area contributed by atoms with Gasteiger partial charge in [-0.25, -0.2) is 14.3 Å². The Bertz CT molecular complexity index is 1750. The molecule has 0 bridgehead atoms. The van der Waals surface area contributed by atoms with Crippen LogP contribution in [0.5, 0.6) is 0 Å². The van der Waals surface area contributed by atoms with Gasteiger partial charge in [0.1, 0.15) is 11.3 Å². The molecule has 0 radical (unpaired) electrons. The van der Waals surface area contributed by atoms with Crippen molar-refractivity contribution in [3.05, 3.63) is 80.6 Å². The number of H-pyrrole nitrogens is 1. The molecule has 1 aliphatic rings. The van der Waals surface area contributed by atoms with E-state index in [9.17, 15) is 14.7 Å². The van der Waals surface area contributed by atoms with Crippen molar-refractivity contribution in [1.82, 2.24) is 39.5 Å². The molecule has 0 saturated carbocycles. The van der Waals surface area contributed by atoms with E-state index in [0.717, 1.165) is 35.1 Å². The SMILES string of the molecule is CCCc1nc2c(=O)n3n(c(=O)c2n1Cc1ccc(-c2ccccc2-c2nn[nH]n2)cc1)C(C)CCC3CO. The molecule has 0 spiro atoms. The fraction of sp³-hybridized carbons (Fsp3) is 0.357. The van der Waals surface area contributed by atoms with Crippen LogP contribution in [-0.4, -0.2) is 51.3 Å². The zero-order valence-electron chi connectivity index (χ0n) is 21.9. The fourth-order valence-electron chi connectivity index (χ4n) is 5.64. The topological polar surface area (TPSA) is 137 Å². The maximum Gasteiger partial charge on any atom is 0.293 e. The number of aliphatic hydroxyl groups is 1. The predicted molar refractivity (Wildman–Crippen MR) is 146 cm³/mol. The van der Waals surface area contributed by atoms with Crippen LogP contribution in [0, 0.1) is 0 Å². The number of nitrogens with one attached hydrogen (secondary N) is 1. The van der Waals surface area contributed by atoms with Crippen LogP contribution in [0.2, 0.25) is 0 Å². The van der Waals surface area contributed by atoms with E-state index >= 15 is 0 Å². The molecule has 0 amide bonds. The number of rotatable bonds is 7. The van der Waals surface area contributed by atoms with Crippen molar-refractivity contribution >= 4 is 11.0 Å². The first-order valence-electron chi connectivity index (χ1n) is 13.3. The molecule has 3 aromatic heterocycles. The van der Waals surface area contributed by atoms with E-state index in [1.807, 2.05) is 66.9 Å². The Morgan fingerprint density at radius 2 is 1.77 bits per heavy atom. The molecule has 4 heterocycles. The summed E-state index contributed by atoms with van der Waals surface area (Å²) in [5.74, 6) is 1.24. The van der Waals surface area contributed by atoms with Crippen molar-refractivity contribution < 1.29 is 5.11 Å². The number of aromatic amines is 1. The van der Waals surface area contributed by atoms with E-state index in [1.54, 1.807) is 0 Å². The van der Waals surface area contributed by atoms with Crippen LogP contribution in [-0.2, 0) is 13.0 Å². The summed E-state index contributed by atoms with van der Waals surface area (Å²) in [6.07, 6.45) is 2.84. The number of hydrogen-bond donors (Lipinski definition) is 2. The second-order valence-electron chi connectivity index (χ2n) is 10.1. The monoisotopic (exact) mass is 526 g/mol. The van der Waals surface area contributed by atoms with E-state index in [1.165, 1.54) is 9.36 Å². The van der Waals surface area contributed by atoms with Crippen LogP contribution in [0.1, 0.15) is 56.6 Å². The first-order chi connectivity index (χ1) is 19.0. The zero-order chi connectivity index (χ0) is 27.1. The Morgan fingerprint density at radius 1 is 1.00 bits per heavy atom. The highest BCUT2D eigenvalue weighted by atomic mass is 16.3. The van der Waals surface area contributed by atoms with E-state index in [-0.39, 0.29) is 29.3 Å². The van der Waals surface area contributed by atoms with Gasteiger partial charge in [-0.2, -0.15) is 5.21 Å².